The molecule has 1 atom stereocenters. The van der Waals surface area contributed by atoms with Gasteiger partial charge in [-0.3, -0.25) is 9.80 Å². The lowest BCUT2D eigenvalue weighted by Crippen LogP contribution is -2.57. The summed E-state index contributed by atoms with van der Waals surface area (Å²) in [5.74, 6) is -1.53. The zero-order valence-corrected chi connectivity index (χ0v) is 15.3. The molecular formula is C19H30F3N3. The fourth-order valence-electron chi connectivity index (χ4n) is 3.75. The van der Waals surface area contributed by atoms with E-state index in [1.165, 1.54) is 6.92 Å². The van der Waals surface area contributed by atoms with Gasteiger partial charge in [-0.15, -0.1) is 0 Å². The van der Waals surface area contributed by atoms with Gasteiger partial charge in [-0.2, -0.15) is 0 Å². The van der Waals surface area contributed by atoms with Gasteiger partial charge in [-0.25, -0.2) is 13.2 Å². The third-order valence-corrected chi connectivity index (χ3v) is 5.27. The van der Waals surface area contributed by atoms with Crippen LogP contribution in [0.5, 0.6) is 0 Å². The second-order valence-electron chi connectivity index (χ2n) is 6.81. The standard InChI is InChI=1S/C19H30F3N3/c1-3-16(21)11-19(22)15(12-20)14-24-8-5-18(6-9-24)25-10-7-23-13-17(25)4-2/h3,11-12,17-18,23H,4-10,13-14H2,1-2H3/b15-12+,16-3+,19-11+. The quantitative estimate of drug-likeness (QED) is 0.731. The number of nitrogens with zero attached hydrogens (tertiary/aromatic N) is 2. The van der Waals surface area contributed by atoms with Gasteiger partial charge >= 0.3 is 0 Å². The predicted octanol–water partition coefficient (Wildman–Crippen LogP) is 3.71. The fourth-order valence-corrected chi connectivity index (χ4v) is 3.75. The Labute approximate surface area is 149 Å². The van der Waals surface area contributed by atoms with Crippen LogP contribution in [-0.4, -0.2) is 61.2 Å². The van der Waals surface area contributed by atoms with E-state index in [2.05, 4.69) is 17.1 Å². The lowest BCUT2D eigenvalue weighted by Gasteiger charge is -2.44. The van der Waals surface area contributed by atoms with Crippen molar-refractivity contribution in [2.45, 2.75) is 45.2 Å². The van der Waals surface area contributed by atoms with Crippen LogP contribution in [0.1, 0.15) is 33.1 Å². The maximum Gasteiger partial charge on any atom is 0.132 e. The molecule has 2 rings (SSSR count). The largest absolute Gasteiger partial charge is 0.314 e. The average Bonchev–Trinajstić information content (AvgIpc) is 2.66. The van der Waals surface area contributed by atoms with Crippen LogP contribution in [-0.2, 0) is 0 Å². The molecule has 0 bridgehead atoms. The van der Waals surface area contributed by atoms with Crippen molar-refractivity contribution in [3.05, 3.63) is 35.7 Å². The molecular weight excluding hydrogens is 327 g/mol. The molecule has 1 unspecified atom stereocenters. The highest BCUT2D eigenvalue weighted by atomic mass is 19.1. The SMILES string of the molecule is C\C=C(F)/C=C(F)\C(=C\F)CN1CCC(N2CCNCC2CC)CC1. The average molecular weight is 357 g/mol. The molecule has 0 aromatic carbocycles. The number of rotatable bonds is 6. The van der Waals surface area contributed by atoms with Gasteiger partial charge in [-0.05, 0) is 39.3 Å². The van der Waals surface area contributed by atoms with Gasteiger partial charge in [0.25, 0.3) is 0 Å². The first-order chi connectivity index (χ1) is 12.1. The summed E-state index contributed by atoms with van der Waals surface area (Å²) in [5.41, 5.74) is -0.0935. The van der Waals surface area contributed by atoms with Crippen molar-refractivity contribution >= 4 is 0 Å². The first kappa shape index (κ1) is 20.2. The topological polar surface area (TPSA) is 18.5 Å². The minimum Gasteiger partial charge on any atom is -0.314 e. The monoisotopic (exact) mass is 357 g/mol. The van der Waals surface area contributed by atoms with Crippen molar-refractivity contribution in [1.29, 1.82) is 0 Å². The highest BCUT2D eigenvalue weighted by molar-refractivity contribution is 5.30. The number of piperazine rings is 1. The van der Waals surface area contributed by atoms with Gasteiger partial charge in [0.15, 0.2) is 0 Å². The number of piperidine rings is 1. The van der Waals surface area contributed by atoms with E-state index in [0.717, 1.165) is 64.1 Å². The van der Waals surface area contributed by atoms with Crippen molar-refractivity contribution in [2.75, 3.05) is 39.3 Å². The van der Waals surface area contributed by atoms with E-state index in [9.17, 15) is 13.2 Å². The van der Waals surface area contributed by atoms with E-state index >= 15 is 0 Å². The molecule has 0 aliphatic carbocycles. The number of nitrogens with one attached hydrogen (secondary N) is 1. The molecule has 0 aromatic heterocycles. The van der Waals surface area contributed by atoms with E-state index < -0.39 is 11.7 Å². The molecule has 2 aliphatic heterocycles. The molecule has 2 aliphatic rings. The molecule has 2 saturated heterocycles. The summed E-state index contributed by atoms with van der Waals surface area (Å²) in [6.07, 6.45) is 5.29. The third kappa shape index (κ3) is 5.69. The Morgan fingerprint density at radius 1 is 1.20 bits per heavy atom. The number of halogens is 3. The summed E-state index contributed by atoms with van der Waals surface area (Å²) in [4.78, 5) is 4.65. The minimum absolute atomic E-state index is 0.0935. The Hall–Kier alpha value is -1.11. The first-order valence-electron chi connectivity index (χ1n) is 9.26. The van der Waals surface area contributed by atoms with Crippen molar-refractivity contribution in [1.82, 2.24) is 15.1 Å². The second-order valence-corrected chi connectivity index (χ2v) is 6.81. The highest BCUT2D eigenvalue weighted by Crippen LogP contribution is 2.23. The van der Waals surface area contributed by atoms with Crippen LogP contribution in [0, 0.1) is 0 Å². The molecule has 142 valence electrons. The molecule has 0 amide bonds. The summed E-state index contributed by atoms with van der Waals surface area (Å²) in [7, 11) is 0. The lowest BCUT2D eigenvalue weighted by molar-refractivity contribution is 0.0585. The molecule has 0 aromatic rings. The zero-order valence-electron chi connectivity index (χ0n) is 15.3. The first-order valence-corrected chi connectivity index (χ1v) is 9.26. The van der Waals surface area contributed by atoms with Crippen LogP contribution in [0.25, 0.3) is 0 Å². The molecule has 0 radical (unpaired) electrons. The van der Waals surface area contributed by atoms with Gasteiger partial charge in [0.2, 0.25) is 0 Å². The normalized spacial score (nSPS) is 26.3. The molecule has 6 heteroatoms. The van der Waals surface area contributed by atoms with Gasteiger partial charge in [0, 0.05) is 49.9 Å². The second kappa shape index (κ2) is 10.1. The maximum atomic E-state index is 14.0. The molecule has 2 heterocycles. The Balaban J connectivity index is 1.88. The van der Waals surface area contributed by atoms with Gasteiger partial charge in [0.1, 0.15) is 11.7 Å². The van der Waals surface area contributed by atoms with E-state index in [1.54, 1.807) is 0 Å². The Morgan fingerprint density at radius 2 is 1.92 bits per heavy atom. The van der Waals surface area contributed by atoms with E-state index in [0.29, 0.717) is 12.1 Å². The zero-order chi connectivity index (χ0) is 18.2. The third-order valence-electron chi connectivity index (χ3n) is 5.27. The summed E-state index contributed by atoms with van der Waals surface area (Å²) < 4.78 is 40.2. The number of likely N-dealkylation sites (tertiary alicyclic amines) is 1. The minimum atomic E-state index is -0.839. The highest BCUT2D eigenvalue weighted by Gasteiger charge is 2.30. The summed E-state index contributed by atoms with van der Waals surface area (Å²) in [5, 5.41) is 3.45. The Kier molecular flexibility index (Phi) is 8.19. The van der Waals surface area contributed by atoms with Gasteiger partial charge < -0.3 is 5.32 Å². The van der Waals surface area contributed by atoms with Crippen LogP contribution in [0.2, 0.25) is 0 Å². The van der Waals surface area contributed by atoms with Crippen LogP contribution in [0.3, 0.4) is 0 Å². The molecule has 0 spiro atoms. The van der Waals surface area contributed by atoms with Gasteiger partial charge in [-0.1, -0.05) is 13.0 Å². The van der Waals surface area contributed by atoms with Crippen LogP contribution >= 0.6 is 0 Å². The molecule has 0 saturated carbocycles. The molecule has 25 heavy (non-hydrogen) atoms. The number of hydrogen-bond donors (Lipinski definition) is 1. The molecule has 1 N–H and O–H groups in total. The Bertz CT molecular complexity index is 508. The van der Waals surface area contributed by atoms with Crippen molar-refractivity contribution in [3.63, 3.8) is 0 Å². The van der Waals surface area contributed by atoms with E-state index in [1.807, 2.05) is 4.90 Å². The van der Waals surface area contributed by atoms with Crippen molar-refractivity contribution < 1.29 is 13.2 Å². The molecule has 2 fully saturated rings. The fraction of sp³-hybridized carbons (Fsp3) is 0.684. The van der Waals surface area contributed by atoms with Crippen LogP contribution in [0.15, 0.2) is 35.7 Å². The van der Waals surface area contributed by atoms with Crippen LogP contribution in [0.4, 0.5) is 13.2 Å². The summed E-state index contributed by atoms with van der Waals surface area (Å²) in [6.45, 7) is 8.62. The summed E-state index contributed by atoms with van der Waals surface area (Å²) >= 11 is 0. The lowest BCUT2D eigenvalue weighted by atomic mass is 9.98. The number of allylic oxidation sites excluding steroid dienone is 3. The maximum absolute atomic E-state index is 14.0. The van der Waals surface area contributed by atoms with E-state index in [4.69, 9.17) is 0 Å². The summed E-state index contributed by atoms with van der Waals surface area (Å²) in [6, 6.07) is 1.12. The van der Waals surface area contributed by atoms with Crippen LogP contribution < -0.4 is 5.32 Å². The van der Waals surface area contributed by atoms with Crippen molar-refractivity contribution in [2.24, 2.45) is 0 Å². The number of hydrogen-bond acceptors (Lipinski definition) is 3. The van der Waals surface area contributed by atoms with E-state index in [-0.39, 0.29) is 18.4 Å². The van der Waals surface area contributed by atoms with Gasteiger partial charge in [0.05, 0.1) is 6.33 Å². The molecule has 3 nitrogen and oxygen atoms in total. The van der Waals surface area contributed by atoms with Crippen molar-refractivity contribution in [3.8, 4) is 0 Å². The Morgan fingerprint density at radius 3 is 2.52 bits per heavy atom. The predicted molar refractivity (Wildman–Crippen MR) is 96.4 cm³/mol. The smallest absolute Gasteiger partial charge is 0.132 e.